The first kappa shape index (κ1) is 26.7. The molecule has 200 valence electrons. The quantitative estimate of drug-likeness (QED) is 0.546. The number of anilines is 1. The Morgan fingerprint density at radius 1 is 1.00 bits per heavy atom. The highest BCUT2D eigenvalue weighted by Crippen LogP contribution is 2.23. The van der Waals surface area contributed by atoms with Gasteiger partial charge in [0.2, 0.25) is 0 Å². The Bertz CT molecular complexity index is 1020. The van der Waals surface area contributed by atoms with E-state index in [2.05, 4.69) is 15.5 Å². The molecule has 2 aliphatic rings. The molecule has 0 unspecified atom stereocenters. The summed E-state index contributed by atoms with van der Waals surface area (Å²) in [5.74, 6) is 0.344. The standard InChI is InChI=1S/C28H38FN5O3/c1-37-26-10-6-5-9-25(26)31-28(36)33-18-15-32(16-19-33)17-20-34(21-22-11-13-23(29)14-12-22)27(35)30-24-7-3-2-4-8-24/h5-6,9-14,24H,2-4,7-8,15-21H2,1H3,(H,30,35)(H,31,36). The summed E-state index contributed by atoms with van der Waals surface area (Å²) in [6.45, 7) is 4.37. The zero-order valence-corrected chi connectivity index (χ0v) is 21.6. The van der Waals surface area contributed by atoms with Crippen molar-refractivity contribution in [2.45, 2.75) is 44.7 Å². The molecule has 2 N–H and O–H groups in total. The number of nitrogens with zero attached hydrogens (tertiary/aromatic N) is 3. The second-order valence-electron chi connectivity index (χ2n) is 9.79. The number of carbonyl (C=O) groups is 2. The molecule has 1 aliphatic heterocycles. The van der Waals surface area contributed by atoms with Crippen LogP contribution < -0.4 is 15.4 Å². The number of ether oxygens (including phenoxy) is 1. The van der Waals surface area contributed by atoms with Gasteiger partial charge in [-0.15, -0.1) is 0 Å². The summed E-state index contributed by atoms with van der Waals surface area (Å²) in [5, 5.41) is 6.15. The van der Waals surface area contributed by atoms with Crippen LogP contribution in [0.2, 0.25) is 0 Å². The third-order valence-corrected chi connectivity index (χ3v) is 7.20. The zero-order valence-electron chi connectivity index (χ0n) is 21.6. The van der Waals surface area contributed by atoms with Crippen LogP contribution in [0.5, 0.6) is 5.75 Å². The molecule has 1 aliphatic carbocycles. The van der Waals surface area contributed by atoms with E-state index < -0.39 is 0 Å². The van der Waals surface area contributed by atoms with Gasteiger partial charge in [-0.2, -0.15) is 0 Å². The minimum absolute atomic E-state index is 0.0638. The average Bonchev–Trinajstić information content (AvgIpc) is 2.93. The highest BCUT2D eigenvalue weighted by Gasteiger charge is 2.24. The van der Waals surface area contributed by atoms with Crippen molar-refractivity contribution in [3.05, 3.63) is 59.9 Å². The molecule has 2 aromatic carbocycles. The number of nitrogens with one attached hydrogen (secondary N) is 2. The largest absolute Gasteiger partial charge is 0.495 e. The number of carbonyl (C=O) groups excluding carboxylic acids is 2. The number of benzene rings is 2. The van der Waals surface area contributed by atoms with Gasteiger partial charge in [0.05, 0.1) is 12.8 Å². The summed E-state index contributed by atoms with van der Waals surface area (Å²) in [6.07, 6.45) is 5.58. The number of halogens is 1. The molecule has 0 aromatic heterocycles. The molecule has 0 atom stereocenters. The second-order valence-corrected chi connectivity index (χ2v) is 9.79. The number of amides is 4. The summed E-state index contributed by atoms with van der Waals surface area (Å²) in [6, 6.07) is 13.7. The fraction of sp³-hybridized carbons (Fsp3) is 0.500. The van der Waals surface area contributed by atoms with E-state index in [-0.39, 0.29) is 23.9 Å². The lowest BCUT2D eigenvalue weighted by molar-refractivity contribution is 0.133. The Labute approximate surface area is 218 Å². The van der Waals surface area contributed by atoms with E-state index >= 15 is 0 Å². The number of methoxy groups -OCH3 is 1. The third-order valence-electron chi connectivity index (χ3n) is 7.20. The number of rotatable bonds is 8. The molecule has 4 amide bonds. The fourth-order valence-electron chi connectivity index (χ4n) is 4.95. The van der Waals surface area contributed by atoms with Gasteiger partial charge in [-0.25, -0.2) is 14.0 Å². The van der Waals surface area contributed by atoms with Crippen LogP contribution >= 0.6 is 0 Å². The Morgan fingerprint density at radius 3 is 2.41 bits per heavy atom. The molecule has 2 aromatic rings. The molecule has 1 saturated heterocycles. The van der Waals surface area contributed by atoms with Crippen LogP contribution in [-0.2, 0) is 6.54 Å². The van der Waals surface area contributed by atoms with E-state index in [1.165, 1.54) is 18.6 Å². The average molecular weight is 512 g/mol. The van der Waals surface area contributed by atoms with Gasteiger partial charge >= 0.3 is 12.1 Å². The summed E-state index contributed by atoms with van der Waals surface area (Å²) in [7, 11) is 1.58. The predicted molar refractivity (Wildman–Crippen MR) is 142 cm³/mol. The first-order chi connectivity index (χ1) is 18.0. The molecule has 8 nitrogen and oxygen atoms in total. The van der Waals surface area contributed by atoms with E-state index in [1.807, 2.05) is 29.2 Å². The van der Waals surface area contributed by atoms with Gasteiger partial charge in [-0.3, -0.25) is 4.90 Å². The van der Waals surface area contributed by atoms with Gasteiger partial charge in [0.1, 0.15) is 11.6 Å². The molecule has 0 radical (unpaired) electrons. The van der Waals surface area contributed by atoms with Gasteiger partial charge < -0.3 is 25.2 Å². The predicted octanol–water partition coefficient (Wildman–Crippen LogP) is 4.53. The smallest absolute Gasteiger partial charge is 0.322 e. The Hall–Kier alpha value is -3.33. The maximum absolute atomic E-state index is 13.4. The minimum Gasteiger partial charge on any atom is -0.495 e. The van der Waals surface area contributed by atoms with Crippen LogP contribution in [0.25, 0.3) is 0 Å². The van der Waals surface area contributed by atoms with Crippen LogP contribution in [0.1, 0.15) is 37.7 Å². The Balaban J connectivity index is 1.29. The lowest BCUT2D eigenvalue weighted by Gasteiger charge is -2.36. The summed E-state index contributed by atoms with van der Waals surface area (Å²) in [5.41, 5.74) is 1.55. The molecule has 4 rings (SSSR count). The second kappa shape index (κ2) is 13.3. The van der Waals surface area contributed by atoms with E-state index in [4.69, 9.17) is 4.74 Å². The summed E-state index contributed by atoms with van der Waals surface area (Å²) >= 11 is 0. The lowest BCUT2D eigenvalue weighted by Crippen LogP contribution is -2.52. The molecule has 1 heterocycles. The molecule has 2 fully saturated rings. The van der Waals surface area contributed by atoms with E-state index in [0.29, 0.717) is 44.2 Å². The van der Waals surface area contributed by atoms with Crippen LogP contribution in [0.15, 0.2) is 48.5 Å². The number of para-hydroxylation sites is 2. The van der Waals surface area contributed by atoms with Crippen molar-refractivity contribution in [3.8, 4) is 5.75 Å². The molecule has 9 heteroatoms. The molecule has 0 bridgehead atoms. The van der Waals surface area contributed by atoms with Gasteiger partial charge in [-0.1, -0.05) is 43.5 Å². The van der Waals surface area contributed by atoms with Gasteiger partial charge in [0.25, 0.3) is 0 Å². The summed E-state index contributed by atoms with van der Waals surface area (Å²) in [4.78, 5) is 31.8. The number of hydrogen-bond donors (Lipinski definition) is 2. The minimum atomic E-state index is -0.283. The van der Waals surface area contributed by atoms with E-state index in [0.717, 1.165) is 44.3 Å². The maximum atomic E-state index is 13.4. The van der Waals surface area contributed by atoms with Crippen molar-refractivity contribution in [2.75, 3.05) is 51.7 Å². The highest BCUT2D eigenvalue weighted by atomic mass is 19.1. The van der Waals surface area contributed by atoms with Gasteiger partial charge in [0.15, 0.2) is 0 Å². The Kier molecular flexibility index (Phi) is 9.59. The maximum Gasteiger partial charge on any atom is 0.322 e. The molecule has 37 heavy (non-hydrogen) atoms. The van der Waals surface area contributed by atoms with Crippen LogP contribution in [-0.4, -0.2) is 79.2 Å². The molecular weight excluding hydrogens is 473 g/mol. The molecule has 1 saturated carbocycles. The number of piperazine rings is 1. The van der Waals surface area contributed by atoms with Crippen molar-refractivity contribution in [2.24, 2.45) is 0 Å². The SMILES string of the molecule is COc1ccccc1NC(=O)N1CCN(CCN(Cc2ccc(F)cc2)C(=O)NC2CCCCC2)CC1. The monoisotopic (exact) mass is 511 g/mol. The van der Waals surface area contributed by atoms with Crippen molar-refractivity contribution < 1.29 is 18.7 Å². The van der Waals surface area contributed by atoms with E-state index in [1.54, 1.807) is 24.1 Å². The molecular formula is C28H38FN5O3. The zero-order chi connectivity index (χ0) is 26.0. The lowest BCUT2D eigenvalue weighted by atomic mass is 9.96. The van der Waals surface area contributed by atoms with Crippen molar-refractivity contribution in [1.82, 2.24) is 20.0 Å². The molecule has 0 spiro atoms. The van der Waals surface area contributed by atoms with Gasteiger partial charge in [0, 0.05) is 51.9 Å². The highest BCUT2D eigenvalue weighted by molar-refractivity contribution is 5.91. The Morgan fingerprint density at radius 2 is 1.70 bits per heavy atom. The van der Waals surface area contributed by atoms with Crippen LogP contribution in [0, 0.1) is 5.82 Å². The topological polar surface area (TPSA) is 77.2 Å². The van der Waals surface area contributed by atoms with Crippen molar-refractivity contribution in [1.29, 1.82) is 0 Å². The normalized spacial score (nSPS) is 16.8. The number of urea groups is 2. The first-order valence-corrected chi connectivity index (χ1v) is 13.2. The van der Waals surface area contributed by atoms with Crippen molar-refractivity contribution in [3.63, 3.8) is 0 Å². The summed E-state index contributed by atoms with van der Waals surface area (Å²) < 4.78 is 18.7. The first-order valence-electron chi connectivity index (χ1n) is 13.2. The van der Waals surface area contributed by atoms with Crippen LogP contribution in [0.4, 0.5) is 19.7 Å². The van der Waals surface area contributed by atoms with Crippen LogP contribution in [0.3, 0.4) is 0 Å². The fourth-order valence-corrected chi connectivity index (χ4v) is 4.95. The number of hydrogen-bond acceptors (Lipinski definition) is 4. The van der Waals surface area contributed by atoms with Crippen molar-refractivity contribution >= 4 is 17.7 Å². The van der Waals surface area contributed by atoms with E-state index in [9.17, 15) is 14.0 Å². The third kappa shape index (κ3) is 7.82. The van der Waals surface area contributed by atoms with Gasteiger partial charge in [-0.05, 0) is 42.7 Å².